The van der Waals surface area contributed by atoms with E-state index in [2.05, 4.69) is 34.1 Å². The molecule has 0 radical (unpaired) electrons. The number of piperidine rings is 1. The van der Waals surface area contributed by atoms with E-state index in [1.165, 1.54) is 0 Å². The predicted octanol–water partition coefficient (Wildman–Crippen LogP) is 1.91. The van der Waals surface area contributed by atoms with Gasteiger partial charge in [0.1, 0.15) is 5.82 Å². The number of carbonyl (C=O) groups is 1. The summed E-state index contributed by atoms with van der Waals surface area (Å²) in [7, 11) is 4.29. The first-order chi connectivity index (χ1) is 13.0. The zero-order chi connectivity index (χ0) is 19.0. The average Bonchev–Trinajstić information content (AvgIpc) is 3.31. The first-order valence-electron chi connectivity index (χ1n) is 9.73. The molecule has 0 bridgehead atoms. The Morgan fingerprint density at radius 2 is 1.93 bits per heavy atom. The highest BCUT2D eigenvalue weighted by Crippen LogP contribution is 2.29. The summed E-state index contributed by atoms with van der Waals surface area (Å²) in [5.74, 6) is 0.955. The maximum atomic E-state index is 13.1. The molecule has 0 saturated carbocycles. The van der Waals surface area contributed by atoms with Gasteiger partial charge in [0.25, 0.3) is 0 Å². The fourth-order valence-corrected chi connectivity index (χ4v) is 4.35. The van der Waals surface area contributed by atoms with E-state index in [9.17, 15) is 4.79 Å². The van der Waals surface area contributed by atoms with E-state index in [0.29, 0.717) is 6.04 Å². The number of nitrogens with zero attached hydrogens (tertiary/aromatic N) is 5. The van der Waals surface area contributed by atoms with Crippen LogP contribution in [0.3, 0.4) is 0 Å². The lowest BCUT2D eigenvalue weighted by Gasteiger charge is -2.37. The Labute approximate surface area is 160 Å². The third-order valence-electron chi connectivity index (χ3n) is 6.00. The largest absolute Gasteiger partial charge is 0.306 e. The Hall–Kier alpha value is -2.25. The quantitative estimate of drug-likeness (QED) is 0.893. The summed E-state index contributed by atoms with van der Waals surface area (Å²) >= 11 is 0. The Kier molecular flexibility index (Phi) is 4.97. The minimum atomic E-state index is 0.00349. The molecule has 2 aliphatic rings. The topological polar surface area (TPSA) is 68.4 Å². The number of likely N-dealkylation sites (tertiary alicyclic amines) is 1. The molecule has 2 saturated heterocycles. The minimum absolute atomic E-state index is 0.00349. The maximum absolute atomic E-state index is 13.1. The number of aromatic amines is 1. The molecule has 1 atom stereocenters. The van der Waals surface area contributed by atoms with Crippen LogP contribution in [0.25, 0.3) is 11.1 Å². The number of carbonyl (C=O) groups excluding carboxylic acids is 1. The monoisotopic (exact) mass is 368 g/mol. The third kappa shape index (κ3) is 3.49. The van der Waals surface area contributed by atoms with Crippen molar-refractivity contribution in [2.45, 2.75) is 38.3 Å². The molecule has 2 aromatic rings. The second kappa shape index (κ2) is 7.40. The molecule has 7 heteroatoms. The molecular weight excluding hydrogens is 340 g/mol. The van der Waals surface area contributed by atoms with Crippen LogP contribution in [-0.2, 0) is 4.79 Å². The third-order valence-corrected chi connectivity index (χ3v) is 6.00. The molecule has 2 aromatic heterocycles. The lowest BCUT2D eigenvalue weighted by molar-refractivity contribution is -0.122. The standard InChI is InChI=1S/C20H28N6O/c1-14-17(15-12-21-22-13-15)4-5-19(23-14)26-11-8-18(20(26)27)25-9-6-16(7-10-25)24(2)3/h4-5,12-13,16,18H,6-11H2,1-3H3,(H,21,22). The van der Waals surface area contributed by atoms with Gasteiger partial charge in [0, 0.05) is 48.7 Å². The number of nitrogens with one attached hydrogen (secondary N) is 1. The fraction of sp³-hybridized carbons (Fsp3) is 0.550. The SMILES string of the molecule is Cc1nc(N2CCC(N3CCC(N(C)C)CC3)C2=O)ccc1-c1cn[nH]c1. The van der Waals surface area contributed by atoms with E-state index in [1.807, 2.05) is 30.2 Å². The van der Waals surface area contributed by atoms with Gasteiger partial charge >= 0.3 is 0 Å². The predicted molar refractivity (Wildman–Crippen MR) is 106 cm³/mol. The number of pyridine rings is 1. The highest BCUT2D eigenvalue weighted by Gasteiger charge is 2.38. The number of hydrogen-bond donors (Lipinski definition) is 1. The molecule has 4 rings (SSSR count). The molecule has 2 aliphatic heterocycles. The van der Waals surface area contributed by atoms with Crippen LogP contribution in [0.1, 0.15) is 25.0 Å². The van der Waals surface area contributed by atoms with Crippen molar-refractivity contribution in [1.82, 2.24) is 25.0 Å². The van der Waals surface area contributed by atoms with Gasteiger partial charge in [0.2, 0.25) is 5.91 Å². The van der Waals surface area contributed by atoms with Crippen molar-refractivity contribution in [3.05, 3.63) is 30.2 Å². The van der Waals surface area contributed by atoms with Crippen molar-refractivity contribution in [3.8, 4) is 11.1 Å². The van der Waals surface area contributed by atoms with Crippen LogP contribution in [0, 0.1) is 6.92 Å². The molecule has 27 heavy (non-hydrogen) atoms. The molecular formula is C20H28N6O. The van der Waals surface area contributed by atoms with Crippen molar-refractivity contribution in [3.63, 3.8) is 0 Å². The first kappa shape index (κ1) is 18.1. The molecule has 4 heterocycles. The summed E-state index contributed by atoms with van der Waals surface area (Å²) in [6.45, 7) is 4.72. The van der Waals surface area contributed by atoms with Crippen LogP contribution in [0.5, 0.6) is 0 Å². The number of anilines is 1. The number of aromatic nitrogens is 3. The van der Waals surface area contributed by atoms with Gasteiger partial charge in [-0.2, -0.15) is 5.10 Å². The summed E-state index contributed by atoms with van der Waals surface area (Å²) in [4.78, 5) is 24.3. The lowest BCUT2D eigenvalue weighted by Crippen LogP contribution is -2.49. The zero-order valence-corrected chi connectivity index (χ0v) is 16.4. The van der Waals surface area contributed by atoms with Crippen LogP contribution >= 0.6 is 0 Å². The van der Waals surface area contributed by atoms with Gasteiger partial charge in [-0.05, 0) is 52.4 Å². The van der Waals surface area contributed by atoms with E-state index < -0.39 is 0 Å². The van der Waals surface area contributed by atoms with E-state index >= 15 is 0 Å². The van der Waals surface area contributed by atoms with E-state index in [4.69, 9.17) is 4.98 Å². The molecule has 0 spiro atoms. The summed E-state index contributed by atoms with van der Waals surface area (Å²) < 4.78 is 0. The summed E-state index contributed by atoms with van der Waals surface area (Å²) in [5.41, 5.74) is 2.97. The molecule has 7 nitrogen and oxygen atoms in total. The van der Waals surface area contributed by atoms with E-state index in [1.54, 1.807) is 6.20 Å². The first-order valence-corrected chi connectivity index (χ1v) is 9.73. The van der Waals surface area contributed by atoms with Gasteiger partial charge in [-0.15, -0.1) is 0 Å². The lowest BCUT2D eigenvalue weighted by atomic mass is 10.0. The van der Waals surface area contributed by atoms with Gasteiger partial charge in [-0.3, -0.25) is 19.7 Å². The Bertz CT molecular complexity index is 795. The zero-order valence-electron chi connectivity index (χ0n) is 16.4. The van der Waals surface area contributed by atoms with Gasteiger partial charge in [-0.25, -0.2) is 4.98 Å². The van der Waals surface area contributed by atoms with Gasteiger partial charge in [-0.1, -0.05) is 0 Å². The number of hydrogen-bond acceptors (Lipinski definition) is 5. The molecule has 0 aliphatic carbocycles. The van der Waals surface area contributed by atoms with Crippen LogP contribution < -0.4 is 4.90 Å². The number of aryl methyl sites for hydroxylation is 1. The van der Waals surface area contributed by atoms with Crippen molar-refractivity contribution in [1.29, 1.82) is 0 Å². The molecule has 144 valence electrons. The maximum Gasteiger partial charge on any atom is 0.245 e. The molecule has 1 amide bonds. The minimum Gasteiger partial charge on any atom is -0.306 e. The summed E-state index contributed by atoms with van der Waals surface area (Å²) in [5, 5.41) is 6.84. The summed E-state index contributed by atoms with van der Waals surface area (Å²) in [6, 6.07) is 4.62. The number of rotatable bonds is 4. The Morgan fingerprint density at radius 1 is 1.15 bits per heavy atom. The van der Waals surface area contributed by atoms with Gasteiger partial charge < -0.3 is 4.90 Å². The number of amides is 1. The molecule has 1 N–H and O–H groups in total. The van der Waals surface area contributed by atoms with E-state index in [0.717, 1.165) is 61.5 Å². The second-order valence-electron chi connectivity index (χ2n) is 7.81. The molecule has 0 aromatic carbocycles. The normalized spacial score (nSPS) is 22.1. The highest BCUT2D eigenvalue weighted by molar-refractivity contribution is 5.98. The second-order valence-corrected chi connectivity index (χ2v) is 7.81. The average molecular weight is 368 g/mol. The van der Waals surface area contributed by atoms with Crippen molar-refractivity contribution in [2.24, 2.45) is 0 Å². The molecule has 2 fully saturated rings. The smallest absolute Gasteiger partial charge is 0.245 e. The Balaban J connectivity index is 1.45. The van der Waals surface area contributed by atoms with Crippen molar-refractivity contribution in [2.75, 3.05) is 38.6 Å². The van der Waals surface area contributed by atoms with Crippen LogP contribution in [-0.4, -0.2) is 76.7 Å². The van der Waals surface area contributed by atoms with Crippen LogP contribution in [0.2, 0.25) is 0 Å². The van der Waals surface area contributed by atoms with Crippen molar-refractivity contribution >= 4 is 11.7 Å². The Morgan fingerprint density at radius 3 is 2.56 bits per heavy atom. The number of H-pyrrole nitrogens is 1. The molecule has 1 unspecified atom stereocenters. The van der Waals surface area contributed by atoms with Crippen molar-refractivity contribution < 1.29 is 4.79 Å². The highest BCUT2D eigenvalue weighted by atomic mass is 16.2. The van der Waals surface area contributed by atoms with E-state index in [-0.39, 0.29) is 11.9 Å². The summed E-state index contributed by atoms with van der Waals surface area (Å²) in [6.07, 6.45) is 6.80. The van der Waals surface area contributed by atoms with Gasteiger partial charge in [0.15, 0.2) is 0 Å². The van der Waals surface area contributed by atoms with Gasteiger partial charge in [0.05, 0.1) is 12.2 Å². The van der Waals surface area contributed by atoms with Crippen LogP contribution in [0.4, 0.5) is 5.82 Å². The fourth-order valence-electron chi connectivity index (χ4n) is 4.35. The van der Waals surface area contributed by atoms with Crippen LogP contribution in [0.15, 0.2) is 24.5 Å².